The highest BCUT2D eigenvalue weighted by Gasteiger charge is 2.08. The van der Waals surface area contributed by atoms with Crippen LogP contribution in [-0.2, 0) is 0 Å². The third-order valence-corrected chi connectivity index (χ3v) is 3.00. The van der Waals surface area contributed by atoms with Gasteiger partial charge in [0.05, 0.1) is 5.69 Å². The first kappa shape index (κ1) is 15.1. The van der Waals surface area contributed by atoms with Crippen LogP contribution in [0.3, 0.4) is 0 Å². The minimum absolute atomic E-state index is 0.515. The minimum atomic E-state index is 0.515. The van der Waals surface area contributed by atoms with Crippen molar-refractivity contribution in [2.75, 3.05) is 6.54 Å². The molecule has 1 aromatic heterocycles. The number of aromatic nitrogens is 1. The van der Waals surface area contributed by atoms with E-state index < -0.39 is 0 Å². The van der Waals surface area contributed by atoms with Crippen molar-refractivity contribution in [3.63, 3.8) is 0 Å². The van der Waals surface area contributed by atoms with Crippen molar-refractivity contribution in [1.82, 2.24) is 15.7 Å². The van der Waals surface area contributed by atoms with Crippen LogP contribution >= 0.6 is 12.2 Å². The molecule has 2 N–H and O–H groups in total. The zero-order valence-electron chi connectivity index (χ0n) is 11.9. The van der Waals surface area contributed by atoms with Gasteiger partial charge in [-0.15, -0.1) is 0 Å². The quantitative estimate of drug-likeness (QED) is 0.506. The summed E-state index contributed by atoms with van der Waals surface area (Å²) in [5, 5.41) is 8.02. The molecule has 21 heavy (non-hydrogen) atoms. The van der Waals surface area contributed by atoms with E-state index in [2.05, 4.69) is 27.8 Å². The van der Waals surface area contributed by atoms with Crippen molar-refractivity contribution in [2.45, 2.75) is 13.3 Å². The van der Waals surface area contributed by atoms with Crippen molar-refractivity contribution < 1.29 is 0 Å². The lowest BCUT2D eigenvalue weighted by atomic mass is 10.1. The molecule has 0 atom stereocenters. The van der Waals surface area contributed by atoms with E-state index in [-0.39, 0.29) is 0 Å². The van der Waals surface area contributed by atoms with Crippen LogP contribution in [-0.4, -0.2) is 22.4 Å². The Bertz CT molecular complexity index is 555. The summed E-state index contributed by atoms with van der Waals surface area (Å²) in [4.78, 5) is 4.36. The van der Waals surface area contributed by atoms with Crippen LogP contribution in [0.5, 0.6) is 0 Å². The Morgan fingerprint density at radius 2 is 1.90 bits per heavy atom. The molecule has 0 radical (unpaired) electrons. The van der Waals surface area contributed by atoms with Crippen molar-refractivity contribution in [2.24, 2.45) is 5.10 Å². The Morgan fingerprint density at radius 3 is 2.57 bits per heavy atom. The third-order valence-electron chi connectivity index (χ3n) is 2.76. The topological polar surface area (TPSA) is 49.3 Å². The average molecular weight is 298 g/mol. The van der Waals surface area contributed by atoms with Crippen molar-refractivity contribution in [3.8, 4) is 0 Å². The van der Waals surface area contributed by atoms with Crippen LogP contribution in [0.4, 0.5) is 0 Å². The lowest BCUT2D eigenvalue weighted by Crippen LogP contribution is -2.33. The fourth-order valence-electron chi connectivity index (χ4n) is 1.75. The Labute approximate surface area is 130 Å². The van der Waals surface area contributed by atoms with E-state index in [1.54, 1.807) is 6.20 Å². The average Bonchev–Trinajstić information content (AvgIpc) is 2.55. The van der Waals surface area contributed by atoms with E-state index in [1.165, 1.54) is 0 Å². The number of hydrogen-bond donors (Lipinski definition) is 2. The first-order valence-electron chi connectivity index (χ1n) is 6.89. The Balaban J connectivity index is 2.23. The normalized spacial score (nSPS) is 11.0. The summed E-state index contributed by atoms with van der Waals surface area (Å²) in [5.41, 5.74) is 5.43. The number of rotatable bonds is 5. The molecule has 2 aromatic rings. The highest BCUT2D eigenvalue weighted by atomic mass is 32.1. The summed E-state index contributed by atoms with van der Waals surface area (Å²) in [6.07, 6.45) is 2.76. The van der Waals surface area contributed by atoms with E-state index in [0.29, 0.717) is 5.11 Å². The number of pyridine rings is 1. The number of hydrogen-bond acceptors (Lipinski definition) is 3. The molecule has 5 heteroatoms. The summed E-state index contributed by atoms with van der Waals surface area (Å²) in [5.74, 6) is 0. The third kappa shape index (κ3) is 4.65. The van der Waals surface area contributed by atoms with E-state index in [4.69, 9.17) is 12.2 Å². The van der Waals surface area contributed by atoms with Gasteiger partial charge in [0.15, 0.2) is 5.11 Å². The SMILES string of the molecule is CCCNC(=S)N/N=C(\c1ccccc1)c1ccccn1. The van der Waals surface area contributed by atoms with E-state index >= 15 is 0 Å². The number of hydrazone groups is 1. The van der Waals surface area contributed by atoms with Gasteiger partial charge in [0.25, 0.3) is 0 Å². The smallest absolute Gasteiger partial charge is 0.186 e. The number of benzene rings is 1. The van der Waals surface area contributed by atoms with Crippen molar-refractivity contribution in [1.29, 1.82) is 0 Å². The highest BCUT2D eigenvalue weighted by molar-refractivity contribution is 7.80. The van der Waals surface area contributed by atoms with Gasteiger partial charge in [0, 0.05) is 18.3 Å². The molecule has 0 bridgehead atoms. The van der Waals surface area contributed by atoms with Gasteiger partial charge < -0.3 is 5.32 Å². The molecule has 4 nitrogen and oxygen atoms in total. The second-order valence-corrected chi connectivity index (χ2v) is 4.82. The molecule has 1 aromatic carbocycles. The standard InChI is InChI=1S/C16H18N4S/c1-2-11-18-16(21)20-19-15(13-8-4-3-5-9-13)14-10-6-7-12-17-14/h3-10,12H,2,11H2,1H3,(H2,18,20,21)/b19-15+. The van der Waals surface area contributed by atoms with Crippen molar-refractivity contribution >= 4 is 23.0 Å². The first-order valence-corrected chi connectivity index (χ1v) is 7.30. The second kappa shape index (κ2) is 8.11. The fraction of sp³-hybridized carbons (Fsp3) is 0.188. The molecule has 0 saturated heterocycles. The number of thiocarbonyl (C=S) groups is 1. The van der Waals surface area contributed by atoms with E-state index in [0.717, 1.165) is 29.9 Å². The molecule has 1 heterocycles. The fourth-order valence-corrected chi connectivity index (χ4v) is 1.90. The molecule has 0 unspecified atom stereocenters. The van der Waals surface area contributed by atoms with Gasteiger partial charge in [0.1, 0.15) is 5.71 Å². The van der Waals surface area contributed by atoms with Crippen LogP contribution in [0, 0.1) is 0 Å². The molecule has 0 spiro atoms. The molecule has 0 amide bonds. The summed E-state index contributed by atoms with van der Waals surface area (Å²) in [6, 6.07) is 15.7. The maximum absolute atomic E-state index is 5.19. The maximum Gasteiger partial charge on any atom is 0.186 e. The van der Waals surface area contributed by atoms with Crippen LogP contribution in [0.1, 0.15) is 24.6 Å². The Kier molecular flexibility index (Phi) is 5.84. The van der Waals surface area contributed by atoms with Crippen LogP contribution in [0.25, 0.3) is 0 Å². The lowest BCUT2D eigenvalue weighted by molar-refractivity contribution is 0.816. The minimum Gasteiger partial charge on any atom is -0.361 e. The molecule has 108 valence electrons. The molecule has 0 aliphatic heterocycles. The van der Waals surface area contributed by atoms with Gasteiger partial charge >= 0.3 is 0 Å². The zero-order valence-corrected chi connectivity index (χ0v) is 12.7. The molecule has 0 aliphatic carbocycles. The van der Waals surface area contributed by atoms with E-state index in [1.807, 2.05) is 48.5 Å². The Morgan fingerprint density at radius 1 is 1.14 bits per heavy atom. The van der Waals surface area contributed by atoms with Gasteiger partial charge in [-0.05, 0) is 30.8 Å². The molecule has 0 aliphatic rings. The van der Waals surface area contributed by atoms with Crippen molar-refractivity contribution in [3.05, 3.63) is 66.0 Å². The van der Waals surface area contributed by atoms with Crippen LogP contribution < -0.4 is 10.7 Å². The molecule has 2 rings (SSSR count). The summed E-state index contributed by atoms with van der Waals surface area (Å²) >= 11 is 5.19. The monoisotopic (exact) mass is 298 g/mol. The maximum atomic E-state index is 5.19. The molecular weight excluding hydrogens is 280 g/mol. The number of nitrogens with one attached hydrogen (secondary N) is 2. The van der Waals surface area contributed by atoms with Gasteiger partial charge in [-0.2, -0.15) is 5.10 Å². The van der Waals surface area contributed by atoms with Gasteiger partial charge in [-0.1, -0.05) is 43.3 Å². The van der Waals surface area contributed by atoms with E-state index in [9.17, 15) is 0 Å². The molecular formula is C16H18N4S. The zero-order chi connectivity index (χ0) is 14.9. The largest absolute Gasteiger partial charge is 0.361 e. The predicted molar refractivity (Wildman–Crippen MR) is 90.3 cm³/mol. The molecule has 0 fully saturated rings. The second-order valence-electron chi connectivity index (χ2n) is 4.41. The number of nitrogens with zero attached hydrogens (tertiary/aromatic N) is 2. The van der Waals surface area contributed by atoms with Crippen LogP contribution in [0.15, 0.2) is 59.8 Å². The van der Waals surface area contributed by atoms with Gasteiger partial charge in [-0.3, -0.25) is 10.4 Å². The van der Waals surface area contributed by atoms with Gasteiger partial charge in [-0.25, -0.2) is 0 Å². The van der Waals surface area contributed by atoms with Gasteiger partial charge in [0.2, 0.25) is 0 Å². The lowest BCUT2D eigenvalue weighted by Gasteiger charge is -2.09. The predicted octanol–water partition coefficient (Wildman–Crippen LogP) is 2.71. The first-order chi connectivity index (χ1) is 10.3. The highest BCUT2D eigenvalue weighted by Crippen LogP contribution is 2.08. The van der Waals surface area contributed by atoms with Crippen LogP contribution in [0.2, 0.25) is 0 Å². The summed E-state index contributed by atoms with van der Waals surface area (Å²) in [6.45, 7) is 2.91. The molecule has 0 saturated carbocycles. The summed E-state index contributed by atoms with van der Waals surface area (Å²) in [7, 11) is 0. The Hall–Kier alpha value is -2.27. The summed E-state index contributed by atoms with van der Waals surface area (Å²) < 4.78 is 0.